The van der Waals surface area contributed by atoms with E-state index in [1.807, 2.05) is 40.3 Å². The van der Waals surface area contributed by atoms with Gasteiger partial charge in [-0.2, -0.15) is 5.10 Å². The number of carbonyl (C=O) groups is 2. The maximum atomic E-state index is 12.8. The molecule has 1 unspecified atom stereocenters. The Balaban J connectivity index is 1.13. The molecule has 3 fully saturated rings. The van der Waals surface area contributed by atoms with Crippen LogP contribution in [0.1, 0.15) is 80.0 Å². The Hall–Kier alpha value is -3.92. The summed E-state index contributed by atoms with van der Waals surface area (Å²) in [5.41, 5.74) is 3.29. The number of rotatable bonds is 5. The van der Waals surface area contributed by atoms with Crippen molar-refractivity contribution < 1.29 is 23.9 Å². The number of carbonyl (C=O) groups excluding carboxylic acids is 2. The summed E-state index contributed by atoms with van der Waals surface area (Å²) in [6.45, 7) is 8.56. The van der Waals surface area contributed by atoms with Crippen LogP contribution in [0.15, 0.2) is 48.7 Å². The number of aromatic nitrogens is 3. The molecule has 1 aromatic carbocycles. The van der Waals surface area contributed by atoms with E-state index < -0.39 is 11.1 Å². The van der Waals surface area contributed by atoms with Crippen LogP contribution in [0.2, 0.25) is 0 Å². The van der Waals surface area contributed by atoms with E-state index in [0.29, 0.717) is 50.6 Å². The second-order valence-corrected chi connectivity index (χ2v) is 13.0. The summed E-state index contributed by atoms with van der Waals surface area (Å²) in [6, 6.07) is 13.1. The topological polar surface area (TPSA) is 99.0 Å². The van der Waals surface area contributed by atoms with Gasteiger partial charge >= 0.3 is 12.1 Å². The number of fused-ring (bicyclic) bond motifs is 4. The Kier molecular flexibility index (Phi) is 6.91. The zero-order chi connectivity index (χ0) is 29.8. The molecule has 3 aliphatic heterocycles. The van der Waals surface area contributed by atoms with Crippen LogP contribution in [0.5, 0.6) is 5.75 Å². The molecule has 0 radical (unpaired) electrons. The van der Waals surface area contributed by atoms with Crippen molar-refractivity contribution in [2.75, 3.05) is 26.2 Å². The number of benzene rings is 1. The predicted molar refractivity (Wildman–Crippen MR) is 158 cm³/mol. The third-order valence-electron chi connectivity index (χ3n) is 9.50. The van der Waals surface area contributed by atoms with Crippen molar-refractivity contribution in [3.05, 3.63) is 65.5 Å². The van der Waals surface area contributed by atoms with Gasteiger partial charge in [0.2, 0.25) is 0 Å². The molecule has 1 spiro atoms. The highest BCUT2D eigenvalue weighted by Gasteiger charge is 2.49. The Labute approximate surface area is 251 Å². The van der Waals surface area contributed by atoms with Crippen molar-refractivity contribution in [2.45, 2.75) is 76.5 Å². The molecule has 0 N–H and O–H groups in total. The molecule has 2 saturated heterocycles. The first kappa shape index (κ1) is 27.9. The van der Waals surface area contributed by atoms with Gasteiger partial charge in [-0.25, -0.2) is 9.59 Å². The van der Waals surface area contributed by atoms with Gasteiger partial charge in [-0.15, -0.1) is 5.06 Å². The van der Waals surface area contributed by atoms with Crippen molar-refractivity contribution in [1.29, 1.82) is 0 Å². The number of piperidine rings is 2. The summed E-state index contributed by atoms with van der Waals surface area (Å²) >= 11 is 0. The molecular weight excluding hydrogens is 546 g/mol. The third kappa shape index (κ3) is 5.15. The molecule has 3 aromatic rings. The number of nitrogens with zero attached hydrogens (tertiary/aromatic N) is 5. The van der Waals surface area contributed by atoms with Gasteiger partial charge in [-0.05, 0) is 76.6 Å². The molecule has 2 aromatic heterocycles. The van der Waals surface area contributed by atoms with Gasteiger partial charge in [-0.1, -0.05) is 18.2 Å². The quantitative estimate of drug-likeness (QED) is 0.378. The lowest BCUT2D eigenvalue weighted by Gasteiger charge is -2.44. The lowest BCUT2D eigenvalue weighted by molar-refractivity contribution is -0.189. The molecule has 1 aliphatic carbocycles. The highest BCUT2D eigenvalue weighted by Crippen LogP contribution is 2.50. The minimum atomic E-state index is -0.595. The zero-order valence-electron chi connectivity index (χ0n) is 25.1. The minimum absolute atomic E-state index is 0.106. The van der Waals surface area contributed by atoms with E-state index in [2.05, 4.69) is 30.4 Å². The van der Waals surface area contributed by atoms with Crippen molar-refractivity contribution in [2.24, 2.45) is 5.92 Å². The number of hydroxylamine groups is 2. The summed E-state index contributed by atoms with van der Waals surface area (Å²) in [6.07, 6.45) is 6.68. The molecule has 226 valence electrons. The molecule has 1 amide bonds. The normalized spacial score (nSPS) is 22.3. The average molecular weight is 586 g/mol. The fourth-order valence-electron chi connectivity index (χ4n) is 6.92. The average Bonchev–Trinajstić information content (AvgIpc) is 3.78. The smallest absolute Gasteiger partial charge is 0.409 e. The highest BCUT2D eigenvalue weighted by molar-refractivity contribution is 5.89. The molecule has 43 heavy (non-hydrogen) atoms. The van der Waals surface area contributed by atoms with Crippen molar-refractivity contribution >= 4 is 12.1 Å². The van der Waals surface area contributed by atoms with E-state index in [-0.39, 0.29) is 18.1 Å². The number of hydrogen-bond donors (Lipinski definition) is 0. The number of pyridine rings is 1. The van der Waals surface area contributed by atoms with Gasteiger partial charge in [0.05, 0.1) is 23.8 Å². The molecule has 10 heteroatoms. The zero-order valence-corrected chi connectivity index (χ0v) is 25.1. The summed E-state index contributed by atoms with van der Waals surface area (Å²) in [5.74, 6) is 0.921. The van der Waals surface area contributed by atoms with Crippen LogP contribution in [-0.4, -0.2) is 68.6 Å². The lowest BCUT2D eigenvalue weighted by Crippen LogP contribution is -2.51. The largest absolute Gasteiger partial charge is 0.480 e. The molecule has 5 heterocycles. The van der Waals surface area contributed by atoms with Gasteiger partial charge in [0.25, 0.3) is 0 Å². The lowest BCUT2D eigenvalue weighted by atomic mass is 9.80. The summed E-state index contributed by atoms with van der Waals surface area (Å²) in [4.78, 5) is 38.0. The van der Waals surface area contributed by atoms with Gasteiger partial charge in [0, 0.05) is 49.9 Å². The first-order chi connectivity index (χ1) is 20.7. The van der Waals surface area contributed by atoms with Crippen LogP contribution in [0.3, 0.4) is 0 Å². The highest BCUT2D eigenvalue weighted by atomic mass is 16.7. The van der Waals surface area contributed by atoms with Crippen LogP contribution < -0.4 is 4.74 Å². The van der Waals surface area contributed by atoms with E-state index >= 15 is 0 Å². The molecular formula is C33H39N5O5. The van der Waals surface area contributed by atoms with Crippen LogP contribution in [0, 0.1) is 12.8 Å². The molecule has 0 bridgehead atoms. The monoisotopic (exact) mass is 585 g/mol. The van der Waals surface area contributed by atoms with Gasteiger partial charge in [0.1, 0.15) is 22.7 Å². The summed E-state index contributed by atoms with van der Waals surface area (Å²) in [5, 5.41) is 7.03. The Bertz CT molecular complexity index is 1520. The van der Waals surface area contributed by atoms with Gasteiger partial charge in [-0.3, -0.25) is 9.67 Å². The van der Waals surface area contributed by atoms with E-state index in [1.165, 1.54) is 0 Å². The van der Waals surface area contributed by atoms with E-state index in [4.69, 9.17) is 19.4 Å². The second-order valence-electron chi connectivity index (χ2n) is 13.0. The first-order valence-corrected chi connectivity index (χ1v) is 15.4. The van der Waals surface area contributed by atoms with Crippen molar-refractivity contribution in [3.63, 3.8) is 0 Å². The van der Waals surface area contributed by atoms with Crippen molar-refractivity contribution in [1.82, 2.24) is 24.7 Å². The van der Waals surface area contributed by atoms with Crippen molar-refractivity contribution in [3.8, 4) is 17.1 Å². The van der Waals surface area contributed by atoms with Crippen LogP contribution in [0.25, 0.3) is 11.4 Å². The number of ether oxygens (including phenoxy) is 2. The molecule has 1 atom stereocenters. The summed E-state index contributed by atoms with van der Waals surface area (Å²) in [7, 11) is 0. The number of amides is 1. The Morgan fingerprint density at radius 3 is 2.49 bits per heavy atom. The molecule has 4 aliphatic rings. The molecule has 1 saturated carbocycles. The van der Waals surface area contributed by atoms with Gasteiger partial charge < -0.3 is 19.2 Å². The Morgan fingerprint density at radius 1 is 1.00 bits per heavy atom. The van der Waals surface area contributed by atoms with Crippen LogP contribution in [0.4, 0.5) is 4.79 Å². The Morgan fingerprint density at radius 2 is 1.77 bits per heavy atom. The molecule has 7 rings (SSSR count). The predicted octanol–water partition coefficient (Wildman–Crippen LogP) is 5.67. The SMILES string of the molecule is Cc1c2c(nn1C1CCN(OC(=O)c3ccccc3)C(C)(C)C1)-c1ncccc1OC21CCN(C(=O)OCC2CC2)CC1. The van der Waals surface area contributed by atoms with E-state index in [0.717, 1.165) is 54.1 Å². The standard InChI is InChI=1S/C33H39N5O5/c1-22-27-29(35-38(22)25-13-17-37(32(2,3)20-25)43-30(39)24-8-5-4-6-9-24)28-26(10-7-16-34-28)42-33(27)14-18-36(19-15-33)31(40)41-21-23-11-12-23/h4-10,16,23,25H,11-15,17-21H2,1-3H3. The maximum absolute atomic E-state index is 12.8. The van der Waals surface area contributed by atoms with Crippen LogP contribution in [-0.2, 0) is 15.2 Å². The maximum Gasteiger partial charge on any atom is 0.409 e. The minimum Gasteiger partial charge on any atom is -0.480 e. The number of hydrogen-bond acceptors (Lipinski definition) is 8. The fraction of sp³-hybridized carbons (Fsp3) is 0.515. The molecule has 10 nitrogen and oxygen atoms in total. The second kappa shape index (κ2) is 10.7. The summed E-state index contributed by atoms with van der Waals surface area (Å²) < 4.78 is 14.5. The third-order valence-corrected chi connectivity index (χ3v) is 9.50. The van der Waals surface area contributed by atoms with Crippen LogP contribution >= 0.6 is 0 Å². The number of likely N-dealkylation sites (tertiary alicyclic amines) is 1. The fourth-order valence-corrected chi connectivity index (χ4v) is 6.92. The van der Waals surface area contributed by atoms with E-state index in [1.54, 1.807) is 18.3 Å². The van der Waals surface area contributed by atoms with Gasteiger partial charge in [0.15, 0.2) is 0 Å². The first-order valence-electron chi connectivity index (χ1n) is 15.4. The van der Waals surface area contributed by atoms with E-state index in [9.17, 15) is 9.59 Å².